The molecule has 2 aromatic rings. The summed E-state index contributed by atoms with van der Waals surface area (Å²) < 4.78 is 5.60. The second-order valence-electron chi connectivity index (χ2n) is 7.37. The Balaban J connectivity index is 2.63. The number of aliphatic hydroxyl groups is 1. The smallest absolute Gasteiger partial charge is 0.125 e. The minimum absolute atomic E-state index is 0.0202. The maximum absolute atomic E-state index is 12.0. The van der Waals surface area contributed by atoms with Crippen molar-refractivity contribution >= 4 is 6.08 Å². The molecular weight excluding hydrogens is 322 g/mol. The molecular formula is C23H31NO2. The van der Waals surface area contributed by atoms with Gasteiger partial charge in [-0.15, -0.1) is 0 Å². The van der Waals surface area contributed by atoms with Crippen LogP contribution in [0.1, 0.15) is 30.5 Å². The Morgan fingerprint density at radius 2 is 1.85 bits per heavy atom. The molecule has 2 rings (SSSR count). The minimum atomic E-state index is -1.13. The van der Waals surface area contributed by atoms with Crippen molar-refractivity contribution in [1.29, 1.82) is 0 Å². The number of rotatable bonds is 7. The summed E-state index contributed by atoms with van der Waals surface area (Å²) >= 11 is 0. The highest BCUT2D eigenvalue weighted by molar-refractivity contribution is 5.58. The maximum atomic E-state index is 12.0. The fraction of sp³-hybridized carbons (Fsp3) is 0.391. The lowest BCUT2D eigenvalue weighted by atomic mass is 9.75. The van der Waals surface area contributed by atoms with Gasteiger partial charge in [0.25, 0.3) is 0 Å². The number of aryl methyl sites for hydroxylation is 1. The molecule has 2 atom stereocenters. The van der Waals surface area contributed by atoms with Gasteiger partial charge < -0.3 is 14.7 Å². The van der Waals surface area contributed by atoms with Crippen LogP contribution in [0.2, 0.25) is 0 Å². The van der Waals surface area contributed by atoms with E-state index in [2.05, 4.69) is 17.9 Å². The van der Waals surface area contributed by atoms with Crippen LogP contribution in [0.25, 0.3) is 6.08 Å². The number of methoxy groups -OCH3 is 1. The molecule has 0 aromatic heterocycles. The summed E-state index contributed by atoms with van der Waals surface area (Å²) in [6, 6.07) is 16.1. The molecule has 0 fully saturated rings. The average molecular weight is 354 g/mol. The molecule has 0 aliphatic carbocycles. The number of hydrogen-bond donors (Lipinski definition) is 1. The molecule has 2 aromatic carbocycles. The van der Waals surface area contributed by atoms with Crippen LogP contribution in [0.5, 0.6) is 5.75 Å². The monoisotopic (exact) mass is 353 g/mol. The summed E-state index contributed by atoms with van der Waals surface area (Å²) in [6.45, 7) is 6.88. The van der Waals surface area contributed by atoms with E-state index in [-0.39, 0.29) is 5.92 Å². The van der Waals surface area contributed by atoms with Crippen molar-refractivity contribution in [2.75, 3.05) is 27.7 Å². The molecule has 0 bridgehead atoms. The number of benzene rings is 2. The van der Waals surface area contributed by atoms with Crippen molar-refractivity contribution in [3.63, 3.8) is 0 Å². The van der Waals surface area contributed by atoms with Crippen LogP contribution in [0.3, 0.4) is 0 Å². The molecule has 2 unspecified atom stereocenters. The summed E-state index contributed by atoms with van der Waals surface area (Å²) in [4.78, 5) is 2.10. The molecule has 0 saturated carbocycles. The Labute approximate surface area is 157 Å². The molecule has 26 heavy (non-hydrogen) atoms. The van der Waals surface area contributed by atoms with Crippen molar-refractivity contribution in [1.82, 2.24) is 4.90 Å². The fourth-order valence-corrected chi connectivity index (χ4v) is 3.58. The fourth-order valence-electron chi connectivity index (χ4n) is 3.58. The van der Waals surface area contributed by atoms with E-state index < -0.39 is 5.60 Å². The van der Waals surface area contributed by atoms with Crippen LogP contribution in [0.15, 0.2) is 54.1 Å². The van der Waals surface area contributed by atoms with Crippen molar-refractivity contribution < 1.29 is 9.84 Å². The highest BCUT2D eigenvalue weighted by Crippen LogP contribution is 2.42. The minimum Gasteiger partial charge on any atom is -0.496 e. The van der Waals surface area contributed by atoms with Crippen molar-refractivity contribution in [2.24, 2.45) is 5.92 Å². The predicted octanol–water partition coefficient (Wildman–Crippen LogP) is 4.49. The van der Waals surface area contributed by atoms with Gasteiger partial charge in [-0.1, -0.05) is 55.0 Å². The molecule has 0 saturated heterocycles. The van der Waals surface area contributed by atoms with Gasteiger partial charge in [0.15, 0.2) is 0 Å². The lowest BCUT2D eigenvalue weighted by molar-refractivity contribution is 0.00851. The predicted molar refractivity (Wildman–Crippen MR) is 109 cm³/mol. The van der Waals surface area contributed by atoms with E-state index in [1.807, 2.05) is 76.5 Å². The number of hydrogen-bond acceptors (Lipinski definition) is 3. The normalized spacial score (nSPS) is 15.6. The molecule has 3 nitrogen and oxygen atoms in total. The van der Waals surface area contributed by atoms with Crippen LogP contribution in [0.4, 0.5) is 0 Å². The Kier molecular flexibility index (Phi) is 6.63. The van der Waals surface area contributed by atoms with E-state index in [4.69, 9.17) is 4.74 Å². The number of nitrogens with zero attached hydrogens (tertiary/aromatic N) is 1. The standard InChI is InChI=1S/C23H31NO2/c1-17-12-13-22(26-6)21(14-17)23(25,19(3)16-24(4)5)18(2)15-20-10-8-7-9-11-20/h7-15,19,25H,16H2,1-6H3/b18-15+. The summed E-state index contributed by atoms with van der Waals surface area (Å²) in [5.41, 5.74) is 2.77. The van der Waals surface area contributed by atoms with Gasteiger partial charge in [0.1, 0.15) is 11.4 Å². The largest absolute Gasteiger partial charge is 0.496 e. The first kappa shape index (κ1) is 20.2. The van der Waals surface area contributed by atoms with E-state index in [1.54, 1.807) is 7.11 Å². The van der Waals surface area contributed by atoms with Crippen LogP contribution in [0, 0.1) is 12.8 Å². The highest BCUT2D eigenvalue weighted by atomic mass is 16.5. The van der Waals surface area contributed by atoms with Gasteiger partial charge in [0.2, 0.25) is 0 Å². The SMILES string of the molecule is COc1ccc(C)cc1C(O)(/C(C)=C/c1ccccc1)C(C)CN(C)C. The van der Waals surface area contributed by atoms with Crippen LogP contribution in [-0.2, 0) is 5.60 Å². The molecule has 0 amide bonds. The summed E-state index contributed by atoms with van der Waals surface area (Å²) in [5, 5.41) is 12.0. The van der Waals surface area contributed by atoms with E-state index in [0.717, 1.165) is 28.8 Å². The van der Waals surface area contributed by atoms with E-state index >= 15 is 0 Å². The van der Waals surface area contributed by atoms with Gasteiger partial charge in [-0.05, 0) is 51.2 Å². The zero-order chi connectivity index (χ0) is 19.3. The Morgan fingerprint density at radius 1 is 1.19 bits per heavy atom. The van der Waals surface area contributed by atoms with E-state index in [1.165, 1.54) is 0 Å². The molecule has 0 spiro atoms. The van der Waals surface area contributed by atoms with E-state index in [0.29, 0.717) is 5.75 Å². The van der Waals surface area contributed by atoms with Crippen LogP contribution >= 0.6 is 0 Å². The second kappa shape index (κ2) is 8.52. The van der Waals surface area contributed by atoms with Gasteiger partial charge >= 0.3 is 0 Å². The average Bonchev–Trinajstić information content (AvgIpc) is 2.61. The Hall–Kier alpha value is -2.10. The molecule has 3 heteroatoms. The zero-order valence-electron chi connectivity index (χ0n) is 16.8. The van der Waals surface area contributed by atoms with Crippen molar-refractivity contribution in [3.8, 4) is 5.75 Å². The lowest BCUT2D eigenvalue weighted by Gasteiger charge is -2.38. The third kappa shape index (κ3) is 4.35. The highest BCUT2D eigenvalue weighted by Gasteiger charge is 2.40. The second-order valence-corrected chi connectivity index (χ2v) is 7.37. The third-order valence-corrected chi connectivity index (χ3v) is 4.90. The van der Waals surface area contributed by atoms with Gasteiger partial charge in [-0.25, -0.2) is 0 Å². The Bertz CT molecular complexity index is 752. The first-order valence-electron chi connectivity index (χ1n) is 9.05. The topological polar surface area (TPSA) is 32.7 Å². The van der Waals surface area contributed by atoms with Gasteiger partial charge in [-0.3, -0.25) is 0 Å². The molecule has 140 valence electrons. The molecule has 1 N–H and O–H groups in total. The molecule has 0 heterocycles. The Morgan fingerprint density at radius 3 is 2.42 bits per heavy atom. The quantitative estimate of drug-likeness (QED) is 0.796. The van der Waals surface area contributed by atoms with E-state index in [9.17, 15) is 5.11 Å². The molecule has 0 aliphatic heterocycles. The molecule has 0 radical (unpaired) electrons. The van der Waals surface area contributed by atoms with Gasteiger partial charge in [0.05, 0.1) is 7.11 Å². The van der Waals surface area contributed by atoms with Crippen LogP contribution in [-0.4, -0.2) is 37.8 Å². The maximum Gasteiger partial charge on any atom is 0.125 e. The van der Waals surface area contributed by atoms with Crippen molar-refractivity contribution in [3.05, 3.63) is 70.8 Å². The van der Waals surface area contributed by atoms with Gasteiger partial charge in [0, 0.05) is 18.0 Å². The van der Waals surface area contributed by atoms with Crippen molar-refractivity contribution in [2.45, 2.75) is 26.4 Å². The lowest BCUT2D eigenvalue weighted by Crippen LogP contribution is -2.40. The number of ether oxygens (including phenoxy) is 1. The first-order valence-corrected chi connectivity index (χ1v) is 9.05. The molecule has 0 aliphatic rings. The summed E-state index contributed by atoms with van der Waals surface area (Å²) in [6.07, 6.45) is 2.06. The summed E-state index contributed by atoms with van der Waals surface area (Å²) in [5.74, 6) is 0.692. The third-order valence-electron chi connectivity index (χ3n) is 4.90. The van der Waals surface area contributed by atoms with Gasteiger partial charge in [-0.2, -0.15) is 0 Å². The first-order chi connectivity index (χ1) is 12.3. The zero-order valence-corrected chi connectivity index (χ0v) is 16.8. The summed E-state index contributed by atoms with van der Waals surface area (Å²) in [7, 11) is 5.71. The van der Waals surface area contributed by atoms with Crippen LogP contribution < -0.4 is 4.74 Å².